The van der Waals surface area contributed by atoms with E-state index in [2.05, 4.69) is 0 Å². The van der Waals surface area contributed by atoms with Crippen molar-refractivity contribution in [2.75, 3.05) is 0 Å². The van der Waals surface area contributed by atoms with Crippen LogP contribution in [0.3, 0.4) is 0 Å². The topological polar surface area (TPSA) is 43.1 Å². The molecule has 0 aliphatic rings. The van der Waals surface area contributed by atoms with Gasteiger partial charge in [-0.1, -0.05) is 19.1 Å². The Kier molecular flexibility index (Phi) is 3.02. The number of benzene rings is 1. The number of aryl methyl sites for hydroxylation is 1. The third-order valence-corrected chi connectivity index (χ3v) is 2.08. The van der Waals surface area contributed by atoms with Gasteiger partial charge in [0.25, 0.3) is 0 Å². The fourth-order valence-electron chi connectivity index (χ4n) is 1.43. The number of nitrogens with two attached hydrogens (primary N) is 1. The van der Waals surface area contributed by atoms with E-state index in [4.69, 9.17) is 5.73 Å². The van der Waals surface area contributed by atoms with Gasteiger partial charge in [0.2, 0.25) is 5.91 Å². The van der Waals surface area contributed by atoms with Crippen LogP contribution >= 0.6 is 0 Å². The average Bonchev–Trinajstić information content (AvgIpc) is 2.15. The van der Waals surface area contributed by atoms with Gasteiger partial charge in [-0.3, -0.25) is 4.79 Å². The molecule has 0 spiro atoms. The van der Waals surface area contributed by atoms with Crippen molar-refractivity contribution in [3.05, 3.63) is 34.9 Å². The maximum Gasteiger partial charge on any atom is 0.417 e. The largest absolute Gasteiger partial charge is 0.417 e. The fourth-order valence-corrected chi connectivity index (χ4v) is 1.43. The maximum atomic E-state index is 12.6. The lowest BCUT2D eigenvalue weighted by molar-refractivity contribution is -0.138. The van der Waals surface area contributed by atoms with Crippen molar-refractivity contribution in [3.8, 4) is 0 Å². The fraction of sp³-hybridized carbons (Fsp3) is 0.300. The number of primary amides is 1. The Bertz CT molecular complexity index is 385. The zero-order chi connectivity index (χ0) is 11.6. The highest BCUT2D eigenvalue weighted by Crippen LogP contribution is 2.34. The van der Waals surface area contributed by atoms with Crippen LogP contribution in [0.25, 0.3) is 0 Å². The first-order valence-electron chi connectivity index (χ1n) is 4.36. The molecule has 15 heavy (non-hydrogen) atoms. The summed E-state index contributed by atoms with van der Waals surface area (Å²) in [6.07, 6.45) is -4.34. The van der Waals surface area contributed by atoms with Gasteiger partial charge in [0, 0.05) is 0 Å². The van der Waals surface area contributed by atoms with Gasteiger partial charge in [-0.2, -0.15) is 13.2 Å². The summed E-state index contributed by atoms with van der Waals surface area (Å²) in [5.74, 6) is -1.06. The van der Waals surface area contributed by atoms with E-state index in [-0.39, 0.29) is 12.0 Å². The molecule has 0 saturated heterocycles. The highest BCUT2D eigenvalue weighted by atomic mass is 19.4. The van der Waals surface area contributed by atoms with Crippen molar-refractivity contribution in [2.45, 2.75) is 19.5 Å². The van der Waals surface area contributed by atoms with E-state index in [9.17, 15) is 18.0 Å². The molecular weight excluding hydrogens is 207 g/mol. The average molecular weight is 217 g/mol. The lowest BCUT2D eigenvalue weighted by Gasteiger charge is -2.14. The molecule has 5 heteroatoms. The van der Waals surface area contributed by atoms with Crippen LogP contribution in [0.2, 0.25) is 0 Å². The molecule has 1 rings (SSSR count). The Morgan fingerprint density at radius 3 is 2.40 bits per heavy atom. The van der Waals surface area contributed by atoms with E-state index in [1.165, 1.54) is 12.1 Å². The minimum atomic E-state index is -4.54. The standard InChI is InChI=1S/C10H10F3NO/c1-2-6-4-3-5-7(9(14)15)8(6)10(11,12)13/h3-5H,2H2,1H3,(H2,14,15). The Hall–Kier alpha value is -1.52. The number of halogens is 3. The van der Waals surface area contributed by atoms with Crippen molar-refractivity contribution < 1.29 is 18.0 Å². The normalized spacial score (nSPS) is 11.5. The summed E-state index contributed by atoms with van der Waals surface area (Å²) in [6, 6.07) is 3.83. The van der Waals surface area contributed by atoms with Crippen LogP contribution in [-0.4, -0.2) is 5.91 Å². The predicted molar refractivity (Wildman–Crippen MR) is 49.3 cm³/mol. The second-order valence-corrected chi connectivity index (χ2v) is 3.06. The molecule has 0 radical (unpaired) electrons. The summed E-state index contributed by atoms with van der Waals surface area (Å²) in [6.45, 7) is 1.59. The van der Waals surface area contributed by atoms with Gasteiger partial charge in [-0.15, -0.1) is 0 Å². The summed E-state index contributed by atoms with van der Waals surface area (Å²) in [7, 11) is 0. The Morgan fingerprint density at radius 1 is 1.40 bits per heavy atom. The van der Waals surface area contributed by atoms with E-state index in [0.717, 1.165) is 6.07 Å². The molecule has 0 aliphatic heterocycles. The van der Waals surface area contributed by atoms with Gasteiger partial charge in [0.05, 0.1) is 11.1 Å². The number of carbonyl (C=O) groups excluding carboxylic acids is 1. The second kappa shape index (κ2) is 3.92. The molecule has 0 aliphatic carbocycles. The SMILES string of the molecule is CCc1cccc(C(N)=O)c1C(F)(F)F. The summed E-state index contributed by atoms with van der Waals surface area (Å²) >= 11 is 0. The molecule has 0 saturated carbocycles. The second-order valence-electron chi connectivity index (χ2n) is 3.06. The van der Waals surface area contributed by atoms with Gasteiger partial charge in [0.1, 0.15) is 0 Å². The molecule has 0 bridgehead atoms. The summed E-state index contributed by atoms with van der Waals surface area (Å²) in [5, 5.41) is 0. The van der Waals surface area contributed by atoms with E-state index < -0.39 is 23.2 Å². The van der Waals surface area contributed by atoms with E-state index in [1.807, 2.05) is 0 Å². The molecule has 0 fully saturated rings. The Morgan fingerprint density at radius 2 is 2.00 bits per heavy atom. The Labute approximate surface area is 84.9 Å². The highest BCUT2D eigenvalue weighted by molar-refractivity contribution is 5.94. The van der Waals surface area contributed by atoms with Crippen LogP contribution in [0, 0.1) is 0 Å². The van der Waals surface area contributed by atoms with Crippen LogP contribution in [0.15, 0.2) is 18.2 Å². The predicted octanol–water partition coefficient (Wildman–Crippen LogP) is 2.37. The molecule has 82 valence electrons. The first kappa shape index (κ1) is 11.6. The van der Waals surface area contributed by atoms with Gasteiger partial charge in [-0.25, -0.2) is 0 Å². The molecule has 2 N–H and O–H groups in total. The summed E-state index contributed by atoms with van der Waals surface area (Å²) in [5.41, 5.74) is 3.59. The summed E-state index contributed by atoms with van der Waals surface area (Å²) in [4.78, 5) is 10.9. The van der Waals surface area contributed by atoms with Crippen LogP contribution in [0.5, 0.6) is 0 Å². The minimum Gasteiger partial charge on any atom is -0.366 e. The van der Waals surface area contributed by atoms with Gasteiger partial charge in [0.15, 0.2) is 0 Å². The molecule has 0 unspecified atom stereocenters. The van der Waals surface area contributed by atoms with Crippen molar-refractivity contribution in [1.29, 1.82) is 0 Å². The van der Waals surface area contributed by atoms with E-state index in [1.54, 1.807) is 6.92 Å². The number of alkyl halides is 3. The lowest BCUT2D eigenvalue weighted by Crippen LogP contribution is -2.20. The number of amides is 1. The number of hydrogen-bond acceptors (Lipinski definition) is 1. The lowest BCUT2D eigenvalue weighted by atomic mass is 9.98. The van der Waals surface area contributed by atoms with Crippen LogP contribution < -0.4 is 5.73 Å². The van der Waals surface area contributed by atoms with Crippen molar-refractivity contribution in [2.24, 2.45) is 5.73 Å². The van der Waals surface area contributed by atoms with Crippen LogP contribution in [-0.2, 0) is 12.6 Å². The third-order valence-electron chi connectivity index (χ3n) is 2.08. The quantitative estimate of drug-likeness (QED) is 0.811. The maximum absolute atomic E-state index is 12.6. The number of carbonyl (C=O) groups is 1. The van der Waals surface area contributed by atoms with Gasteiger partial charge >= 0.3 is 6.18 Å². The van der Waals surface area contributed by atoms with Crippen molar-refractivity contribution in [3.63, 3.8) is 0 Å². The molecule has 0 heterocycles. The minimum absolute atomic E-state index is 0.0822. The van der Waals surface area contributed by atoms with E-state index in [0.29, 0.717) is 0 Å². The van der Waals surface area contributed by atoms with Crippen LogP contribution in [0.4, 0.5) is 13.2 Å². The zero-order valence-electron chi connectivity index (χ0n) is 8.06. The first-order valence-corrected chi connectivity index (χ1v) is 4.36. The first-order chi connectivity index (χ1) is 6.88. The van der Waals surface area contributed by atoms with Gasteiger partial charge in [-0.05, 0) is 18.1 Å². The molecule has 1 amide bonds. The smallest absolute Gasteiger partial charge is 0.366 e. The zero-order valence-corrected chi connectivity index (χ0v) is 8.06. The summed E-state index contributed by atoms with van der Waals surface area (Å²) < 4.78 is 37.9. The third kappa shape index (κ3) is 2.29. The Balaban J connectivity index is 3.47. The van der Waals surface area contributed by atoms with Crippen molar-refractivity contribution >= 4 is 5.91 Å². The number of rotatable bonds is 2. The van der Waals surface area contributed by atoms with Crippen LogP contribution in [0.1, 0.15) is 28.4 Å². The monoisotopic (exact) mass is 217 g/mol. The molecular formula is C10H10F3NO. The van der Waals surface area contributed by atoms with E-state index >= 15 is 0 Å². The van der Waals surface area contributed by atoms with Crippen molar-refractivity contribution in [1.82, 2.24) is 0 Å². The molecule has 1 aromatic carbocycles. The molecule has 1 aromatic rings. The molecule has 2 nitrogen and oxygen atoms in total. The number of hydrogen-bond donors (Lipinski definition) is 1. The molecule has 0 aromatic heterocycles. The molecule has 0 atom stereocenters. The van der Waals surface area contributed by atoms with Gasteiger partial charge < -0.3 is 5.73 Å². The highest BCUT2D eigenvalue weighted by Gasteiger charge is 2.36.